The van der Waals surface area contributed by atoms with Crippen molar-refractivity contribution < 1.29 is 31.1 Å². The standard InChI is InChI=1S/C24H34ClF3N4O4S/c1-18(24(26,27)28)36-22(33)31-13-11-29(12-14-31)16-19-3-4-20(25)15-21(19)30-8-5-23(6-9-30)7-10-32(17-23)37(2,34)35/h3-4,15,18H,5-14,16-17H2,1-2H3. The number of benzene rings is 1. The van der Waals surface area contributed by atoms with Crippen molar-refractivity contribution >= 4 is 33.4 Å². The lowest BCUT2D eigenvalue weighted by atomic mass is 9.77. The Hall–Kier alpha value is -1.76. The zero-order valence-electron chi connectivity index (χ0n) is 21.1. The summed E-state index contributed by atoms with van der Waals surface area (Å²) in [6.45, 7) is 5.83. The van der Waals surface area contributed by atoms with Gasteiger partial charge in [-0.1, -0.05) is 17.7 Å². The van der Waals surface area contributed by atoms with Gasteiger partial charge in [0, 0.05) is 69.6 Å². The van der Waals surface area contributed by atoms with Crippen LogP contribution < -0.4 is 4.90 Å². The average Bonchev–Trinajstić information content (AvgIpc) is 3.25. The van der Waals surface area contributed by atoms with Crippen molar-refractivity contribution in [2.75, 3.05) is 63.5 Å². The summed E-state index contributed by atoms with van der Waals surface area (Å²) in [5.74, 6) is 0. The Labute approximate surface area is 221 Å². The largest absolute Gasteiger partial charge is 0.437 e. The summed E-state index contributed by atoms with van der Waals surface area (Å²) in [5, 5.41) is 0.634. The number of halogens is 4. The molecule has 1 atom stereocenters. The van der Waals surface area contributed by atoms with Crippen molar-refractivity contribution in [2.45, 2.75) is 45.0 Å². The molecule has 0 radical (unpaired) electrons. The number of alkyl halides is 3. The first kappa shape index (κ1) is 28.3. The zero-order chi connectivity index (χ0) is 27.0. The van der Waals surface area contributed by atoms with E-state index in [-0.39, 0.29) is 18.5 Å². The quantitative estimate of drug-likeness (QED) is 0.540. The molecule has 3 fully saturated rings. The Morgan fingerprint density at radius 2 is 1.70 bits per heavy atom. The van der Waals surface area contributed by atoms with Crippen LogP contribution in [0.3, 0.4) is 0 Å². The highest BCUT2D eigenvalue weighted by Crippen LogP contribution is 2.42. The van der Waals surface area contributed by atoms with E-state index in [1.165, 1.54) is 11.2 Å². The van der Waals surface area contributed by atoms with Gasteiger partial charge in [0.25, 0.3) is 0 Å². The van der Waals surface area contributed by atoms with E-state index in [9.17, 15) is 26.4 Å². The van der Waals surface area contributed by atoms with Gasteiger partial charge in [-0.05, 0) is 49.3 Å². The summed E-state index contributed by atoms with van der Waals surface area (Å²) in [6, 6.07) is 5.80. The minimum Gasteiger partial charge on any atom is -0.437 e. The molecule has 3 heterocycles. The first-order valence-corrected chi connectivity index (χ1v) is 14.7. The molecule has 1 unspecified atom stereocenters. The lowest BCUT2D eigenvalue weighted by Gasteiger charge is -2.41. The summed E-state index contributed by atoms with van der Waals surface area (Å²) in [5.41, 5.74) is 2.15. The summed E-state index contributed by atoms with van der Waals surface area (Å²) in [4.78, 5) is 17.9. The third-order valence-electron chi connectivity index (χ3n) is 7.85. The molecule has 0 aliphatic carbocycles. The summed E-state index contributed by atoms with van der Waals surface area (Å²) in [6.07, 6.45) is -3.71. The summed E-state index contributed by atoms with van der Waals surface area (Å²) < 4.78 is 68.2. The lowest BCUT2D eigenvalue weighted by Crippen LogP contribution is -2.49. The number of anilines is 1. The molecule has 3 aliphatic rings. The molecule has 8 nitrogen and oxygen atoms in total. The van der Waals surface area contributed by atoms with Crippen LogP contribution in [0.1, 0.15) is 31.7 Å². The third-order valence-corrected chi connectivity index (χ3v) is 9.33. The van der Waals surface area contributed by atoms with Crippen LogP contribution in [0.15, 0.2) is 18.2 Å². The van der Waals surface area contributed by atoms with Gasteiger partial charge in [0.05, 0.1) is 6.26 Å². The number of sulfonamides is 1. The van der Waals surface area contributed by atoms with Crippen molar-refractivity contribution in [2.24, 2.45) is 5.41 Å². The number of nitrogens with zero attached hydrogens (tertiary/aromatic N) is 4. The maximum absolute atomic E-state index is 12.7. The van der Waals surface area contributed by atoms with Crippen LogP contribution in [0.25, 0.3) is 0 Å². The molecule has 1 aromatic rings. The Kier molecular flexibility index (Phi) is 8.23. The molecule has 13 heteroatoms. The molecule has 0 bridgehead atoms. The van der Waals surface area contributed by atoms with Gasteiger partial charge in [0.2, 0.25) is 10.0 Å². The number of ether oxygens (including phenoxy) is 1. The van der Waals surface area contributed by atoms with Gasteiger partial charge < -0.3 is 14.5 Å². The second-order valence-electron chi connectivity index (χ2n) is 10.4. The number of piperazine rings is 1. The molecular weight excluding hydrogens is 533 g/mol. The van der Waals surface area contributed by atoms with E-state index in [1.807, 2.05) is 18.2 Å². The predicted molar refractivity (Wildman–Crippen MR) is 135 cm³/mol. The van der Waals surface area contributed by atoms with Crippen molar-refractivity contribution in [1.29, 1.82) is 0 Å². The van der Waals surface area contributed by atoms with Gasteiger partial charge in [-0.15, -0.1) is 0 Å². The Balaban J connectivity index is 1.34. The molecule has 1 amide bonds. The van der Waals surface area contributed by atoms with Gasteiger partial charge in [-0.2, -0.15) is 13.2 Å². The van der Waals surface area contributed by atoms with E-state index in [0.29, 0.717) is 37.7 Å². The SMILES string of the molecule is CC(OC(=O)N1CCN(Cc2ccc(Cl)cc2N2CCC3(CC2)CCN(S(C)(=O)=O)C3)CC1)C(F)(F)F. The first-order chi connectivity index (χ1) is 17.3. The van der Waals surface area contributed by atoms with Crippen LogP contribution >= 0.6 is 11.6 Å². The minimum absolute atomic E-state index is 0.0207. The molecule has 3 saturated heterocycles. The highest BCUT2D eigenvalue weighted by molar-refractivity contribution is 7.88. The molecular formula is C24H34ClF3N4O4S. The predicted octanol–water partition coefficient (Wildman–Crippen LogP) is 3.80. The monoisotopic (exact) mass is 566 g/mol. The molecule has 208 valence electrons. The second-order valence-corrected chi connectivity index (χ2v) is 12.9. The number of carbonyl (C=O) groups excluding carboxylic acids is 1. The van der Waals surface area contributed by atoms with Crippen LogP contribution in [0.2, 0.25) is 5.02 Å². The van der Waals surface area contributed by atoms with Gasteiger partial charge in [0.1, 0.15) is 0 Å². The van der Waals surface area contributed by atoms with E-state index in [2.05, 4.69) is 14.5 Å². The normalized spacial score (nSPS) is 22.4. The van der Waals surface area contributed by atoms with E-state index >= 15 is 0 Å². The molecule has 37 heavy (non-hydrogen) atoms. The molecule has 1 aromatic carbocycles. The van der Waals surface area contributed by atoms with E-state index in [1.54, 1.807) is 4.31 Å². The Morgan fingerprint density at radius 1 is 1.08 bits per heavy atom. The van der Waals surface area contributed by atoms with Crippen molar-refractivity contribution in [3.05, 3.63) is 28.8 Å². The number of rotatable bonds is 5. The third kappa shape index (κ3) is 6.82. The van der Waals surface area contributed by atoms with Crippen molar-refractivity contribution in [1.82, 2.24) is 14.1 Å². The Bertz CT molecular complexity index is 1090. The number of hydrogen-bond donors (Lipinski definition) is 0. The molecule has 3 aliphatic heterocycles. The van der Waals surface area contributed by atoms with E-state index in [4.69, 9.17) is 11.6 Å². The molecule has 0 N–H and O–H groups in total. The average molecular weight is 567 g/mol. The van der Waals surface area contributed by atoms with Gasteiger partial charge in [0.15, 0.2) is 6.10 Å². The first-order valence-electron chi connectivity index (χ1n) is 12.5. The number of piperidine rings is 1. The lowest BCUT2D eigenvalue weighted by molar-refractivity contribution is -0.200. The van der Waals surface area contributed by atoms with Crippen LogP contribution in [0, 0.1) is 5.41 Å². The number of amides is 1. The Morgan fingerprint density at radius 3 is 2.27 bits per heavy atom. The smallest absolute Gasteiger partial charge is 0.425 e. The van der Waals surface area contributed by atoms with Crippen molar-refractivity contribution in [3.8, 4) is 0 Å². The highest BCUT2D eigenvalue weighted by atomic mass is 35.5. The summed E-state index contributed by atoms with van der Waals surface area (Å²) in [7, 11) is -3.18. The van der Waals surface area contributed by atoms with Gasteiger partial charge in [-0.3, -0.25) is 4.90 Å². The topological polar surface area (TPSA) is 73.4 Å². The molecule has 0 aromatic heterocycles. The van der Waals surface area contributed by atoms with Crippen LogP contribution in [0.5, 0.6) is 0 Å². The van der Waals surface area contributed by atoms with E-state index < -0.39 is 28.4 Å². The highest BCUT2D eigenvalue weighted by Gasteiger charge is 2.43. The molecule has 4 rings (SSSR count). The maximum Gasteiger partial charge on any atom is 0.425 e. The van der Waals surface area contributed by atoms with Crippen LogP contribution in [-0.4, -0.2) is 99.5 Å². The second kappa shape index (κ2) is 10.8. The minimum atomic E-state index is -4.58. The van der Waals surface area contributed by atoms with Crippen molar-refractivity contribution in [3.63, 3.8) is 0 Å². The zero-order valence-corrected chi connectivity index (χ0v) is 22.7. The maximum atomic E-state index is 12.7. The fourth-order valence-electron chi connectivity index (χ4n) is 5.39. The van der Waals surface area contributed by atoms with Gasteiger partial charge in [-0.25, -0.2) is 17.5 Å². The van der Waals surface area contributed by atoms with E-state index in [0.717, 1.165) is 50.5 Å². The van der Waals surface area contributed by atoms with Gasteiger partial charge >= 0.3 is 12.3 Å². The molecule has 0 saturated carbocycles. The van der Waals surface area contributed by atoms with Crippen LogP contribution in [0.4, 0.5) is 23.7 Å². The van der Waals surface area contributed by atoms with Crippen LogP contribution in [-0.2, 0) is 21.3 Å². The number of carbonyl (C=O) groups is 1. The summed E-state index contributed by atoms with van der Waals surface area (Å²) >= 11 is 6.34. The fourth-order valence-corrected chi connectivity index (χ4v) is 6.49. The molecule has 1 spiro atoms. The number of hydrogen-bond acceptors (Lipinski definition) is 6. The fraction of sp³-hybridized carbons (Fsp3) is 0.708.